The summed E-state index contributed by atoms with van der Waals surface area (Å²) < 4.78 is 5.40. The predicted octanol–water partition coefficient (Wildman–Crippen LogP) is 1.11. The number of ether oxygens (including phenoxy) is 1. The van der Waals surface area contributed by atoms with Crippen molar-refractivity contribution in [3.05, 3.63) is 0 Å². The monoisotopic (exact) mass is 286 g/mol. The summed E-state index contributed by atoms with van der Waals surface area (Å²) >= 11 is 0. The number of hydrogen-bond acceptors (Lipinski definition) is 4. The van der Waals surface area contributed by atoms with E-state index in [9.17, 15) is 9.90 Å². The van der Waals surface area contributed by atoms with Gasteiger partial charge in [0, 0.05) is 32.1 Å². The Morgan fingerprint density at radius 3 is 2.45 bits per heavy atom. The van der Waals surface area contributed by atoms with Gasteiger partial charge >= 0.3 is 0 Å². The molecule has 5 heteroatoms. The molecule has 2 heterocycles. The van der Waals surface area contributed by atoms with Gasteiger partial charge < -0.3 is 14.7 Å². The highest BCUT2D eigenvalue weighted by Crippen LogP contribution is 2.21. The zero-order valence-corrected chi connectivity index (χ0v) is 13.2. The molecule has 0 aromatic rings. The molecule has 0 saturated carbocycles. The van der Waals surface area contributed by atoms with Gasteiger partial charge in [0.2, 0.25) is 5.91 Å². The fraction of sp³-hybridized carbons (Fsp3) is 0.933. The van der Waals surface area contributed by atoms with E-state index in [1.807, 2.05) is 25.7 Å². The van der Waals surface area contributed by atoms with Gasteiger partial charge in [0.25, 0.3) is 0 Å². The first-order valence-corrected chi connectivity index (χ1v) is 7.98. The number of piperidine rings is 1. The van der Waals surface area contributed by atoms with Crippen molar-refractivity contribution in [1.29, 1.82) is 0 Å². The summed E-state index contributed by atoms with van der Waals surface area (Å²) in [5.41, 5.74) is 0. The molecule has 1 amide bonds. The summed E-state index contributed by atoms with van der Waals surface area (Å²) in [6.07, 6.45) is 2.63. The van der Waals surface area contributed by atoms with Crippen molar-refractivity contribution in [2.45, 2.75) is 52.1 Å². The van der Waals surface area contributed by atoms with E-state index in [1.54, 1.807) is 0 Å². The highest BCUT2D eigenvalue weighted by atomic mass is 16.5. The highest BCUT2D eigenvalue weighted by molar-refractivity contribution is 5.75. The van der Waals surface area contributed by atoms with Crippen LogP contribution in [0.4, 0.5) is 0 Å². The lowest BCUT2D eigenvalue weighted by Gasteiger charge is -2.43. The van der Waals surface area contributed by atoms with Crippen LogP contribution in [-0.4, -0.2) is 72.4 Å². The molecule has 20 heavy (non-hydrogen) atoms. The van der Waals surface area contributed by atoms with Gasteiger partial charge in [0.05, 0.1) is 25.9 Å². The first kappa shape index (κ1) is 17.4. The third-order valence-corrected chi connectivity index (χ3v) is 4.07. The van der Waals surface area contributed by atoms with Crippen LogP contribution in [0.3, 0.4) is 0 Å². The summed E-state index contributed by atoms with van der Waals surface area (Å²) in [5, 5.41) is 9.38. The highest BCUT2D eigenvalue weighted by Gasteiger charge is 2.32. The number of aliphatic hydroxyl groups is 1. The zero-order chi connectivity index (χ0) is 15.0. The Kier molecular flexibility index (Phi) is 8.11. The smallest absolute Gasteiger partial charge is 0.222 e. The number of aliphatic hydroxyl groups excluding tert-OH is 1. The summed E-state index contributed by atoms with van der Waals surface area (Å²) in [7, 11) is 0. The standard InChI is InChI=1S/C13H24N2O3.C2H6/c1-2-13(17)14-5-3-11(4-6-14)15-7-8-18-10-12(15)9-16;1-2/h11-12,16H,2-10H2,1H3;1-2H3. The van der Waals surface area contributed by atoms with Gasteiger partial charge in [0.15, 0.2) is 0 Å². The molecule has 5 nitrogen and oxygen atoms in total. The Morgan fingerprint density at radius 2 is 1.90 bits per heavy atom. The van der Waals surface area contributed by atoms with Crippen LogP contribution in [0.2, 0.25) is 0 Å². The van der Waals surface area contributed by atoms with E-state index < -0.39 is 0 Å². The van der Waals surface area contributed by atoms with Crippen molar-refractivity contribution in [2.75, 3.05) is 39.5 Å². The molecule has 0 spiro atoms. The lowest BCUT2D eigenvalue weighted by molar-refractivity contribution is -0.133. The third kappa shape index (κ3) is 4.43. The largest absolute Gasteiger partial charge is 0.395 e. The lowest BCUT2D eigenvalue weighted by Crippen LogP contribution is -2.55. The topological polar surface area (TPSA) is 53.0 Å². The number of hydrogen-bond donors (Lipinski definition) is 1. The second-order valence-corrected chi connectivity index (χ2v) is 5.11. The summed E-state index contributed by atoms with van der Waals surface area (Å²) in [6.45, 7) is 10.1. The Hall–Kier alpha value is -0.650. The minimum atomic E-state index is 0.136. The molecule has 0 aromatic carbocycles. The SMILES string of the molecule is CC.CCC(=O)N1CCC(N2CCOCC2CO)CC1. The van der Waals surface area contributed by atoms with Gasteiger partial charge in [-0.2, -0.15) is 0 Å². The molecule has 2 aliphatic heterocycles. The van der Waals surface area contributed by atoms with Gasteiger partial charge in [-0.1, -0.05) is 20.8 Å². The van der Waals surface area contributed by atoms with Crippen molar-refractivity contribution in [1.82, 2.24) is 9.80 Å². The van der Waals surface area contributed by atoms with Crippen LogP contribution in [0.25, 0.3) is 0 Å². The Morgan fingerprint density at radius 1 is 1.25 bits per heavy atom. The van der Waals surface area contributed by atoms with E-state index in [0.29, 0.717) is 19.1 Å². The van der Waals surface area contributed by atoms with Crippen LogP contribution >= 0.6 is 0 Å². The average Bonchev–Trinajstić information content (AvgIpc) is 2.56. The number of rotatable bonds is 3. The number of likely N-dealkylation sites (tertiary alicyclic amines) is 1. The molecular weight excluding hydrogens is 256 g/mol. The predicted molar refractivity (Wildman–Crippen MR) is 79.6 cm³/mol. The number of nitrogens with zero attached hydrogens (tertiary/aromatic N) is 2. The maximum atomic E-state index is 11.6. The number of carbonyl (C=O) groups is 1. The molecule has 0 aliphatic carbocycles. The normalized spacial score (nSPS) is 25.0. The lowest BCUT2D eigenvalue weighted by atomic mass is 10.0. The molecule has 0 bridgehead atoms. The molecule has 0 radical (unpaired) electrons. The van der Waals surface area contributed by atoms with Crippen molar-refractivity contribution < 1.29 is 14.6 Å². The fourth-order valence-corrected chi connectivity index (χ4v) is 2.98. The quantitative estimate of drug-likeness (QED) is 0.844. The van der Waals surface area contributed by atoms with Crippen molar-refractivity contribution in [3.8, 4) is 0 Å². The zero-order valence-electron chi connectivity index (χ0n) is 13.2. The van der Waals surface area contributed by atoms with Crippen LogP contribution < -0.4 is 0 Å². The van der Waals surface area contributed by atoms with Gasteiger partial charge in [-0.15, -0.1) is 0 Å². The summed E-state index contributed by atoms with van der Waals surface area (Å²) in [4.78, 5) is 16.0. The number of morpholine rings is 1. The van der Waals surface area contributed by atoms with Crippen molar-refractivity contribution in [3.63, 3.8) is 0 Å². The minimum absolute atomic E-state index is 0.136. The molecule has 1 N–H and O–H groups in total. The van der Waals surface area contributed by atoms with Crippen LogP contribution in [0.1, 0.15) is 40.0 Å². The van der Waals surface area contributed by atoms with E-state index in [2.05, 4.69) is 4.90 Å². The minimum Gasteiger partial charge on any atom is -0.395 e. The Balaban J connectivity index is 0.000000956. The molecule has 2 rings (SSSR count). The Labute approximate surface area is 122 Å². The molecular formula is C15H30N2O3. The fourth-order valence-electron chi connectivity index (χ4n) is 2.98. The van der Waals surface area contributed by atoms with Gasteiger partial charge in [-0.05, 0) is 12.8 Å². The molecule has 2 aliphatic rings. The summed E-state index contributed by atoms with van der Waals surface area (Å²) in [5.74, 6) is 0.258. The van der Waals surface area contributed by atoms with Gasteiger partial charge in [0.1, 0.15) is 0 Å². The van der Waals surface area contributed by atoms with Gasteiger partial charge in [-0.25, -0.2) is 0 Å². The number of amides is 1. The second-order valence-electron chi connectivity index (χ2n) is 5.11. The van der Waals surface area contributed by atoms with E-state index in [-0.39, 0.29) is 18.6 Å². The van der Waals surface area contributed by atoms with Crippen LogP contribution in [0.5, 0.6) is 0 Å². The van der Waals surface area contributed by atoms with Crippen molar-refractivity contribution >= 4 is 5.91 Å². The molecule has 2 saturated heterocycles. The molecule has 0 aromatic heterocycles. The maximum absolute atomic E-state index is 11.6. The average molecular weight is 286 g/mol. The van der Waals surface area contributed by atoms with E-state index in [1.165, 1.54) is 0 Å². The van der Waals surface area contributed by atoms with Crippen molar-refractivity contribution in [2.24, 2.45) is 0 Å². The Bertz CT molecular complexity index is 278. The van der Waals surface area contributed by atoms with E-state index >= 15 is 0 Å². The second kappa shape index (κ2) is 9.32. The summed E-state index contributed by atoms with van der Waals surface area (Å²) in [6, 6.07) is 0.629. The van der Waals surface area contributed by atoms with Crippen LogP contribution in [-0.2, 0) is 9.53 Å². The third-order valence-electron chi connectivity index (χ3n) is 4.07. The molecule has 1 unspecified atom stereocenters. The van der Waals surface area contributed by atoms with Crippen LogP contribution in [0.15, 0.2) is 0 Å². The first-order chi connectivity index (χ1) is 9.76. The number of carbonyl (C=O) groups excluding carboxylic acids is 1. The molecule has 118 valence electrons. The van der Waals surface area contributed by atoms with E-state index in [0.717, 1.165) is 39.1 Å². The maximum Gasteiger partial charge on any atom is 0.222 e. The van der Waals surface area contributed by atoms with E-state index in [4.69, 9.17) is 4.74 Å². The first-order valence-electron chi connectivity index (χ1n) is 7.98. The molecule has 1 atom stereocenters. The van der Waals surface area contributed by atoms with Crippen LogP contribution in [0, 0.1) is 0 Å². The van der Waals surface area contributed by atoms with Gasteiger partial charge in [-0.3, -0.25) is 9.69 Å². The molecule has 2 fully saturated rings.